The Balaban J connectivity index is 1.54. The second kappa shape index (κ2) is 16.9. The standard InChI is InChI=1S/C38H38FN3O9/c1-3-40-26-7-10-28-33(21-26)51-32-18-23(2)4-8-27(32)36(28)24-5-9-29(37(38(47)48)41-12-14-43)31(19-24)49-16-17-50-34-20-25(39)6-11-30(34)42(13-15-44)22-35(45)46/h4-11,18-21,37,41H,3,12-17,22H2,1-2H3,(H,45,46)(H,47,48)/q-2/p-2. The van der Waals surface area contributed by atoms with Crippen molar-refractivity contribution in [1.82, 2.24) is 5.32 Å². The van der Waals surface area contributed by atoms with E-state index < -0.39 is 43.6 Å². The van der Waals surface area contributed by atoms with Crippen LogP contribution in [0, 0.1) is 12.7 Å². The number of hydrogen-bond donors (Lipinski definition) is 1. The molecule has 0 radical (unpaired) electrons. The van der Waals surface area contributed by atoms with Crippen LogP contribution in [0.3, 0.4) is 0 Å². The first kappa shape index (κ1) is 36.8. The molecule has 1 aliphatic carbocycles. The Morgan fingerprint density at radius 3 is 2.43 bits per heavy atom. The number of rotatable bonds is 17. The van der Waals surface area contributed by atoms with Gasteiger partial charge >= 0.3 is 0 Å². The predicted molar refractivity (Wildman–Crippen MR) is 179 cm³/mol. The molecule has 12 nitrogen and oxygen atoms in total. The largest absolute Gasteiger partial charge is 0.854 e. The molecular formula is C38H36FN3O9-4. The Kier molecular flexibility index (Phi) is 12.2. The Labute approximate surface area is 293 Å². The number of carbonyl (C=O) groups excluding carboxylic acids is 2. The van der Waals surface area contributed by atoms with Crippen molar-refractivity contribution in [2.45, 2.75) is 19.9 Å². The lowest BCUT2D eigenvalue weighted by Gasteiger charge is -2.28. The third-order valence-electron chi connectivity index (χ3n) is 8.04. The van der Waals surface area contributed by atoms with Crippen molar-refractivity contribution in [2.75, 3.05) is 57.5 Å². The third-order valence-corrected chi connectivity index (χ3v) is 8.04. The number of nitrogens with one attached hydrogen (secondary N) is 1. The fourth-order valence-corrected chi connectivity index (χ4v) is 5.87. The quantitative estimate of drug-likeness (QED) is 0.106. The Morgan fingerprint density at radius 1 is 0.941 bits per heavy atom. The van der Waals surface area contributed by atoms with Gasteiger partial charge in [0.25, 0.3) is 0 Å². The topological polar surface area (TPSA) is 186 Å². The lowest BCUT2D eigenvalue weighted by atomic mass is 9.91. The Hall–Kier alpha value is -5.50. The molecule has 5 rings (SSSR count). The highest BCUT2D eigenvalue weighted by Gasteiger charge is 2.22. The van der Waals surface area contributed by atoms with E-state index in [4.69, 9.17) is 13.9 Å². The number of anilines is 1. The van der Waals surface area contributed by atoms with Crippen LogP contribution in [0.5, 0.6) is 11.5 Å². The summed E-state index contributed by atoms with van der Waals surface area (Å²) in [6.07, 6.45) is 0. The highest BCUT2D eigenvalue weighted by atomic mass is 19.1. The van der Waals surface area contributed by atoms with Gasteiger partial charge in [-0.1, -0.05) is 24.3 Å². The average Bonchev–Trinajstić information content (AvgIpc) is 3.09. The van der Waals surface area contributed by atoms with Gasteiger partial charge in [-0.2, -0.15) is 0 Å². The van der Waals surface area contributed by atoms with Crippen LogP contribution >= 0.6 is 0 Å². The van der Waals surface area contributed by atoms with Crippen LogP contribution in [0.15, 0.2) is 82.2 Å². The number of nitrogens with zero attached hydrogens (tertiary/aromatic N) is 2. The summed E-state index contributed by atoms with van der Waals surface area (Å²) in [7, 11) is 0. The van der Waals surface area contributed by atoms with Gasteiger partial charge in [-0.25, -0.2) is 4.39 Å². The minimum atomic E-state index is -1.47. The molecule has 1 unspecified atom stereocenters. The molecule has 0 fully saturated rings. The van der Waals surface area contributed by atoms with Gasteiger partial charge in [0, 0.05) is 47.3 Å². The zero-order chi connectivity index (χ0) is 36.5. The molecular weight excluding hydrogens is 661 g/mol. The summed E-state index contributed by atoms with van der Waals surface area (Å²) in [6.45, 7) is 2.01. The fraction of sp³-hybridized carbons (Fsp3) is 0.289. The number of fused-ring (bicyclic) bond motifs is 2. The lowest BCUT2D eigenvalue weighted by molar-refractivity contribution is -0.365. The SMILES string of the molecule is CCN=c1ccc2c(-c3ccc(C(NCC[O-])C(=O)[O-])c(OCCOc4cc(F)ccc4N(CC[O-])CC(=O)[O-])c3)c3ccc(C)cc3oc-2c1. The van der Waals surface area contributed by atoms with Gasteiger partial charge in [-0.3, -0.25) is 4.99 Å². The van der Waals surface area contributed by atoms with Crippen molar-refractivity contribution in [3.8, 4) is 33.9 Å². The number of carboxylic acid groups (broad SMARTS) is 2. The molecule has 1 aliphatic heterocycles. The maximum atomic E-state index is 14.2. The average molecular weight is 698 g/mol. The van der Waals surface area contributed by atoms with Gasteiger partial charge in [-0.05, 0) is 67.9 Å². The minimum Gasteiger partial charge on any atom is -0.854 e. The van der Waals surface area contributed by atoms with E-state index in [9.17, 15) is 34.4 Å². The number of aliphatic carboxylic acids is 2. The summed E-state index contributed by atoms with van der Waals surface area (Å²) in [5.74, 6) is -2.83. The molecule has 2 aliphatic rings. The summed E-state index contributed by atoms with van der Waals surface area (Å²) >= 11 is 0. The molecule has 0 aromatic heterocycles. The van der Waals surface area contributed by atoms with Gasteiger partial charge in [-0.15, -0.1) is 13.2 Å². The van der Waals surface area contributed by atoms with Crippen LogP contribution in [0.4, 0.5) is 10.1 Å². The summed E-state index contributed by atoms with van der Waals surface area (Å²) in [4.78, 5) is 29.3. The highest BCUT2D eigenvalue weighted by molar-refractivity contribution is 6.02. The second-order valence-corrected chi connectivity index (χ2v) is 11.6. The van der Waals surface area contributed by atoms with Crippen molar-refractivity contribution in [3.63, 3.8) is 0 Å². The number of hydrogen-bond acceptors (Lipinski definition) is 12. The fourth-order valence-electron chi connectivity index (χ4n) is 5.87. The zero-order valence-corrected chi connectivity index (χ0v) is 28.1. The maximum Gasteiger partial charge on any atom is 0.145 e. The summed E-state index contributed by atoms with van der Waals surface area (Å²) in [6, 6.07) is 18.6. The van der Waals surface area contributed by atoms with E-state index in [0.29, 0.717) is 23.5 Å². The van der Waals surface area contributed by atoms with Crippen molar-refractivity contribution in [1.29, 1.82) is 0 Å². The first-order valence-corrected chi connectivity index (χ1v) is 16.4. The van der Waals surface area contributed by atoms with Crippen LogP contribution in [-0.2, 0) is 9.59 Å². The normalized spacial score (nSPS) is 12.3. The van der Waals surface area contributed by atoms with Crippen molar-refractivity contribution < 1.29 is 48.3 Å². The smallest absolute Gasteiger partial charge is 0.145 e. The molecule has 1 atom stereocenters. The monoisotopic (exact) mass is 697 g/mol. The van der Waals surface area contributed by atoms with Crippen LogP contribution in [0.1, 0.15) is 24.1 Å². The molecule has 268 valence electrons. The Morgan fingerprint density at radius 2 is 1.73 bits per heavy atom. The molecule has 51 heavy (non-hydrogen) atoms. The van der Waals surface area contributed by atoms with Gasteiger partial charge < -0.3 is 54.1 Å². The minimum absolute atomic E-state index is 0.0255. The van der Waals surface area contributed by atoms with Crippen LogP contribution < -0.4 is 45.5 Å². The maximum absolute atomic E-state index is 14.2. The van der Waals surface area contributed by atoms with Crippen LogP contribution in [0.25, 0.3) is 33.4 Å². The molecule has 3 aromatic rings. The summed E-state index contributed by atoms with van der Waals surface area (Å²) in [5, 5.41) is 50.5. The number of benzene rings is 4. The van der Waals surface area contributed by atoms with Crippen LogP contribution in [0.2, 0.25) is 0 Å². The molecule has 0 saturated heterocycles. The number of ether oxygens (including phenoxy) is 2. The number of carbonyl (C=O) groups is 2. The predicted octanol–water partition coefficient (Wildman–Crippen LogP) is 0.688. The van der Waals surface area contributed by atoms with Crippen molar-refractivity contribution >= 4 is 28.6 Å². The summed E-state index contributed by atoms with van der Waals surface area (Å²) in [5.41, 5.74) is 4.25. The lowest BCUT2D eigenvalue weighted by Crippen LogP contribution is -2.41. The molecule has 1 N–H and O–H groups in total. The second-order valence-electron chi connectivity index (χ2n) is 11.6. The highest BCUT2D eigenvalue weighted by Crippen LogP contribution is 2.42. The van der Waals surface area contributed by atoms with E-state index in [1.807, 2.05) is 50.2 Å². The molecule has 0 bridgehead atoms. The molecule has 0 spiro atoms. The van der Waals surface area contributed by atoms with Gasteiger partial charge in [0.05, 0.1) is 35.6 Å². The zero-order valence-electron chi connectivity index (χ0n) is 28.1. The number of carboxylic acids is 2. The van der Waals surface area contributed by atoms with E-state index >= 15 is 0 Å². The molecule has 13 heteroatoms. The first-order valence-electron chi connectivity index (χ1n) is 16.4. The molecule has 1 heterocycles. The number of aryl methyl sites for hydroxylation is 1. The van der Waals surface area contributed by atoms with Crippen molar-refractivity contribution in [3.05, 3.63) is 95.1 Å². The van der Waals surface area contributed by atoms with Crippen molar-refractivity contribution in [2.24, 2.45) is 4.99 Å². The molecule has 3 aromatic carbocycles. The van der Waals surface area contributed by atoms with E-state index in [-0.39, 0.29) is 49.1 Å². The Bertz CT molecular complexity index is 2050. The van der Waals surface area contributed by atoms with E-state index in [1.165, 1.54) is 11.0 Å². The molecule has 0 saturated carbocycles. The molecule has 0 amide bonds. The van der Waals surface area contributed by atoms with Gasteiger partial charge in [0.1, 0.15) is 41.9 Å². The number of halogens is 1. The first-order chi connectivity index (χ1) is 24.6. The van der Waals surface area contributed by atoms with Gasteiger partial charge in [0.15, 0.2) is 0 Å². The van der Waals surface area contributed by atoms with E-state index in [1.54, 1.807) is 18.2 Å². The van der Waals surface area contributed by atoms with Crippen LogP contribution in [-0.4, -0.2) is 64.5 Å². The van der Waals surface area contributed by atoms with E-state index in [2.05, 4.69) is 10.3 Å². The third kappa shape index (κ3) is 8.81. The van der Waals surface area contributed by atoms with E-state index in [0.717, 1.165) is 39.6 Å². The van der Waals surface area contributed by atoms with Gasteiger partial charge in [0.2, 0.25) is 0 Å². The summed E-state index contributed by atoms with van der Waals surface area (Å²) < 4.78 is 32.5.